The Morgan fingerprint density at radius 1 is 1.25 bits per heavy atom. The van der Waals surface area contributed by atoms with Gasteiger partial charge in [0.15, 0.2) is 5.82 Å². The highest BCUT2D eigenvalue weighted by molar-refractivity contribution is 7.09. The molecule has 0 aliphatic heterocycles. The predicted octanol–water partition coefficient (Wildman–Crippen LogP) is 3.94. The molecule has 1 aromatic heterocycles. The summed E-state index contributed by atoms with van der Waals surface area (Å²) in [5.74, 6) is 0.644. The standard InChI is InChI=1S/C10H9Cl2N3S/c1-2-13-10-14-9(15-16-10)6-3-7(11)5-8(12)4-6/h3-5H,2H2,1H3,(H,13,14,15). The van der Waals surface area contributed by atoms with Crippen molar-refractivity contribution in [3.63, 3.8) is 0 Å². The van der Waals surface area contributed by atoms with Gasteiger partial charge in [-0.15, -0.1) is 0 Å². The van der Waals surface area contributed by atoms with Crippen molar-refractivity contribution >= 4 is 39.9 Å². The van der Waals surface area contributed by atoms with Crippen LogP contribution in [-0.2, 0) is 0 Å². The third-order valence-electron chi connectivity index (χ3n) is 1.87. The maximum Gasteiger partial charge on any atom is 0.202 e. The van der Waals surface area contributed by atoms with E-state index in [0.717, 1.165) is 17.2 Å². The summed E-state index contributed by atoms with van der Waals surface area (Å²) >= 11 is 13.2. The van der Waals surface area contributed by atoms with Gasteiger partial charge in [0.1, 0.15) is 0 Å². The van der Waals surface area contributed by atoms with Crippen LogP contribution < -0.4 is 5.32 Å². The quantitative estimate of drug-likeness (QED) is 0.921. The average molecular weight is 274 g/mol. The molecule has 16 heavy (non-hydrogen) atoms. The monoisotopic (exact) mass is 273 g/mol. The second-order valence-corrected chi connectivity index (χ2v) is 4.74. The summed E-state index contributed by atoms with van der Waals surface area (Å²) < 4.78 is 4.24. The molecular weight excluding hydrogens is 265 g/mol. The van der Waals surface area contributed by atoms with Crippen molar-refractivity contribution < 1.29 is 0 Å². The van der Waals surface area contributed by atoms with Crippen molar-refractivity contribution in [2.75, 3.05) is 11.9 Å². The first-order chi connectivity index (χ1) is 7.69. The van der Waals surface area contributed by atoms with Crippen molar-refractivity contribution in [3.8, 4) is 11.4 Å². The van der Waals surface area contributed by atoms with E-state index in [1.54, 1.807) is 18.2 Å². The Labute approximate surface area is 108 Å². The molecule has 0 atom stereocenters. The molecule has 0 unspecified atom stereocenters. The van der Waals surface area contributed by atoms with E-state index in [1.165, 1.54) is 11.5 Å². The van der Waals surface area contributed by atoms with Crippen LogP contribution in [0.25, 0.3) is 11.4 Å². The van der Waals surface area contributed by atoms with Gasteiger partial charge in [-0.05, 0) is 25.1 Å². The first kappa shape index (κ1) is 11.6. The third kappa shape index (κ3) is 2.64. The lowest BCUT2D eigenvalue weighted by Crippen LogP contribution is -1.94. The van der Waals surface area contributed by atoms with Crippen LogP contribution in [0.1, 0.15) is 6.92 Å². The maximum absolute atomic E-state index is 5.92. The second-order valence-electron chi connectivity index (χ2n) is 3.11. The van der Waals surface area contributed by atoms with Gasteiger partial charge < -0.3 is 5.32 Å². The van der Waals surface area contributed by atoms with Gasteiger partial charge in [0.05, 0.1) is 0 Å². The lowest BCUT2D eigenvalue weighted by molar-refractivity contribution is 1.19. The molecule has 3 nitrogen and oxygen atoms in total. The number of aromatic nitrogens is 2. The molecule has 1 aromatic carbocycles. The topological polar surface area (TPSA) is 37.8 Å². The molecule has 0 aliphatic rings. The summed E-state index contributed by atoms with van der Waals surface area (Å²) in [5, 5.41) is 5.08. The van der Waals surface area contributed by atoms with Crippen LogP contribution in [0.15, 0.2) is 18.2 Å². The van der Waals surface area contributed by atoms with Gasteiger partial charge in [0.2, 0.25) is 5.13 Å². The van der Waals surface area contributed by atoms with E-state index in [1.807, 2.05) is 6.92 Å². The summed E-state index contributed by atoms with van der Waals surface area (Å²) in [5.41, 5.74) is 0.831. The summed E-state index contributed by atoms with van der Waals surface area (Å²) in [6, 6.07) is 5.28. The summed E-state index contributed by atoms with van der Waals surface area (Å²) in [6.45, 7) is 2.84. The van der Waals surface area contributed by atoms with E-state index in [2.05, 4.69) is 14.7 Å². The number of nitrogens with zero attached hydrogens (tertiary/aromatic N) is 2. The molecule has 0 amide bonds. The highest BCUT2D eigenvalue weighted by Crippen LogP contribution is 2.27. The van der Waals surface area contributed by atoms with E-state index < -0.39 is 0 Å². The lowest BCUT2D eigenvalue weighted by Gasteiger charge is -1.98. The Morgan fingerprint density at radius 2 is 1.94 bits per heavy atom. The van der Waals surface area contributed by atoms with E-state index in [9.17, 15) is 0 Å². The smallest absolute Gasteiger partial charge is 0.202 e. The van der Waals surface area contributed by atoms with Gasteiger partial charge in [-0.3, -0.25) is 0 Å². The number of hydrogen-bond acceptors (Lipinski definition) is 4. The van der Waals surface area contributed by atoms with Crippen LogP contribution in [0, 0.1) is 0 Å². The van der Waals surface area contributed by atoms with E-state index in [4.69, 9.17) is 23.2 Å². The Bertz CT molecular complexity index is 478. The van der Waals surface area contributed by atoms with E-state index in [-0.39, 0.29) is 0 Å². The number of rotatable bonds is 3. The number of hydrogen-bond donors (Lipinski definition) is 1. The Morgan fingerprint density at radius 3 is 2.56 bits per heavy atom. The van der Waals surface area contributed by atoms with Crippen molar-refractivity contribution in [2.24, 2.45) is 0 Å². The fourth-order valence-corrected chi connectivity index (χ4v) is 2.43. The number of nitrogens with one attached hydrogen (secondary N) is 1. The van der Waals surface area contributed by atoms with Crippen LogP contribution in [-0.4, -0.2) is 15.9 Å². The van der Waals surface area contributed by atoms with Crippen LogP contribution >= 0.6 is 34.7 Å². The molecule has 0 spiro atoms. The summed E-state index contributed by atoms with van der Waals surface area (Å²) in [4.78, 5) is 4.33. The number of benzene rings is 1. The largest absolute Gasteiger partial charge is 0.361 e. The molecule has 2 aromatic rings. The molecule has 0 bridgehead atoms. The van der Waals surface area contributed by atoms with Crippen molar-refractivity contribution in [2.45, 2.75) is 6.92 Å². The van der Waals surface area contributed by atoms with Gasteiger partial charge in [-0.1, -0.05) is 23.2 Å². The highest BCUT2D eigenvalue weighted by atomic mass is 35.5. The molecular formula is C10H9Cl2N3S. The summed E-state index contributed by atoms with van der Waals surface area (Å²) in [6.07, 6.45) is 0. The fraction of sp³-hybridized carbons (Fsp3) is 0.200. The molecule has 2 rings (SSSR count). The van der Waals surface area contributed by atoms with Crippen LogP contribution in [0.3, 0.4) is 0 Å². The zero-order valence-electron chi connectivity index (χ0n) is 8.50. The minimum atomic E-state index is 0.585. The van der Waals surface area contributed by atoms with E-state index >= 15 is 0 Å². The predicted molar refractivity (Wildman–Crippen MR) is 69.5 cm³/mol. The second kappa shape index (κ2) is 4.99. The van der Waals surface area contributed by atoms with Crippen molar-refractivity contribution in [3.05, 3.63) is 28.2 Å². The van der Waals surface area contributed by atoms with Gasteiger partial charge in [0, 0.05) is 33.7 Å². The van der Waals surface area contributed by atoms with Gasteiger partial charge >= 0.3 is 0 Å². The molecule has 84 valence electrons. The van der Waals surface area contributed by atoms with Crippen LogP contribution in [0.5, 0.6) is 0 Å². The average Bonchev–Trinajstić information content (AvgIpc) is 2.65. The van der Waals surface area contributed by atoms with Crippen molar-refractivity contribution in [1.82, 2.24) is 9.36 Å². The SMILES string of the molecule is CCNc1nc(-c2cc(Cl)cc(Cl)c2)ns1. The highest BCUT2D eigenvalue weighted by Gasteiger charge is 2.07. The zero-order valence-corrected chi connectivity index (χ0v) is 10.8. The fourth-order valence-electron chi connectivity index (χ4n) is 1.25. The molecule has 0 saturated carbocycles. The summed E-state index contributed by atoms with van der Waals surface area (Å²) in [7, 11) is 0. The van der Waals surface area contributed by atoms with Crippen molar-refractivity contribution in [1.29, 1.82) is 0 Å². The maximum atomic E-state index is 5.92. The van der Waals surface area contributed by atoms with Gasteiger partial charge in [-0.25, -0.2) is 0 Å². The molecule has 6 heteroatoms. The minimum absolute atomic E-state index is 0.585. The number of anilines is 1. The lowest BCUT2D eigenvalue weighted by atomic mass is 10.2. The Hall–Kier alpha value is -0.840. The van der Waals surface area contributed by atoms with Gasteiger partial charge in [0.25, 0.3) is 0 Å². The van der Waals surface area contributed by atoms with Gasteiger partial charge in [-0.2, -0.15) is 9.36 Å². The number of halogens is 2. The molecule has 1 heterocycles. The molecule has 0 radical (unpaired) electrons. The first-order valence-electron chi connectivity index (χ1n) is 4.73. The van der Waals surface area contributed by atoms with Crippen LogP contribution in [0.4, 0.5) is 5.13 Å². The third-order valence-corrected chi connectivity index (χ3v) is 2.98. The van der Waals surface area contributed by atoms with E-state index in [0.29, 0.717) is 15.9 Å². The zero-order chi connectivity index (χ0) is 11.5. The molecule has 0 fully saturated rings. The normalized spacial score (nSPS) is 10.4. The first-order valence-corrected chi connectivity index (χ1v) is 6.26. The minimum Gasteiger partial charge on any atom is -0.361 e. The Balaban J connectivity index is 2.34. The molecule has 0 saturated heterocycles. The molecule has 0 aliphatic carbocycles. The van der Waals surface area contributed by atoms with Crippen LogP contribution in [0.2, 0.25) is 10.0 Å². The molecule has 1 N–H and O–H groups in total. The Kier molecular flexibility index (Phi) is 3.63.